The van der Waals surface area contributed by atoms with E-state index >= 15 is 0 Å². The summed E-state index contributed by atoms with van der Waals surface area (Å²) >= 11 is 1.54. The van der Waals surface area contributed by atoms with Crippen molar-refractivity contribution >= 4 is 34.0 Å². The Morgan fingerprint density at radius 2 is 1.81 bits per heavy atom. The average molecular weight is 377 g/mol. The van der Waals surface area contributed by atoms with Gasteiger partial charge in [0.2, 0.25) is 16.9 Å². The molecule has 7 nitrogen and oxygen atoms in total. The quantitative estimate of drug-likeness (QED) is 0.863. The SMILES string of the molecule is Cc1nnc(N2CCN(C(=O)CCC(=O)Nc3ccc(F)cc3)CC2)s1. The zero-order chi connectivity index (χ0) is 18.5. The van der Waals surface area contributed by atoms with Crippen molar-refractivity contribution < 1.29 is 14.0 Å². The second-order valence-corrected chi connectivity index (χ2v) is 7.19. The van der Waals surface area contributed by atoms with Gasteiger partial charge >= 0.3 is 0 Å². The number of benzene rings is 1. The molecule has 1 aliphatic heterocycles. The van der Waals surface area contributed by atoms with Crippen LogP contribution in [0.25, 0.3) is 0 Å². The Balaban J connectivity index is 1.41. The van der Waals surface area contributed by atoms with Crippen molar-refractivity contribution in [3.05, 3.63) is 35.1 Å². The van der Waals surface area contributed by atoms with Crippen LogP contribution in [0, 0.1) is 12.7 Å². The molecule has 0 radical (unpaired) electrons. The molecule has 0 saturated carbocycles. The maximum absolute atomic E-state index is 12.8. The summed E-state index contributed by atoms with van der Waals surface area (Å²) in [4.78, 5) is 28.1. The summed E-state index contributed by atoms with van der Waals surface area (Å²) in [6.45, 7) is 4.55. The second-order valence-electron chi connectivity index (χ2n) is 6.03. The number of carbonyl (C=O) groups is 2. The zero-order valence-corrected chi connectivity index (χ0v) is 15.3. The first-order valence-corrected chi connectivity index (χ1v) is 9.21. The van der Waals surface area contributed by atoms with Crippen LogP contribution in [0.5, 0.6) is 0 Å². The fourth-order valence-electron chi connectivity index (χ4n) is 2.70. The summed E-state index contributed by atoms with van der Waals surface area (Å²) in [5, 5.41) is 12.6. The number of aromatic nitrogens is 2. The molecule has 138 valence electrons. The number of rotatable bonds is 5. The minimum Gasteiger partial charge on any atom is -0.343 e. The van der Waals surface area contributed by atoms with Crippen LogP contribution in [0.2, 0.25) is 0 Å². The van der Waals surface area contributed by atoms with Crippen molar-refractivity contribution in [2.45, 2.75) is 19.8 Å². The van der Waals surface area contributed by atoms with Crippen LogP contribution in [-0.2, 0) is 9.59 Å². The topological polar surface area (TPSA) is 78.4 Å². The van der Waals surface area contributed by atoms with Gasteiger partial charge in [-0.15, -0.1) is 10.2 Å². The van der Waals surface area contributed by atoms with Gasteiger partial charge in [-0.25, -0.2) is 4.39 Å². The largest absolute Gasteiger partial charge is 0.343 e. The number of piperazine rings is 1. The molecule has 0 unspecified atom stereocenters. The van der Waals surface area contributed by atoms with E-state index in [1.807, 2.05) is 6.92 Å². The molecule has 2 aromatic rings. The van der Waals surface area contributed by atoms with Crippen LogP contribution in [0.1, 0.15) is 17.8 Å². The number of nitrogens with zero attached hydrogens (tertiary/aromatic N) is 4. The number of hydrogen-bond donors (Lipinski definition) is 1. The van der Waals surface area contributed by atoms with E-state index in [1.165, 1.54) is 24.3 Å². The summed E-state index contributed by atoms with van der Waals surface area (Å²) < 4.78 is 12.8. The van der Waals surface area contributed by atoms with Gasteiger partial charge < -0.3 is 15.1 Å². The highest BCUT2D eigenvalue weighted by atomic mass is 32.1. The molecule has 1 aromatic heterocycles. The van der Waals surface area contributed by atoms with E-state index in [-0.39, 0.29) is 30.5 Å². The van der Waals surface area contributed by atoms with Crippen LogP contribution in [0.15, 0.2) is 24.3 Å². The van der Waals surface area contributed by atoms with Gasteiger partial charge in [0.05, 0.1) is 0 Å². The number of halogens is 1. The smallest absolute Gasteiger partial charge is 0.224 e. The van der Waals surface area contributed by atoms with Gasteiger partial charge in [-0.1, -0.05) is 11.3 Å². The van der Waals surface area contributed by atoms with Gasteiger partial charge in [-0.2, -0.15) is 0 Å². The second kappa shape index (κ2) is 8.22. The third kappa shape index (κ3) is 4.75. The van der Waals surface area contributed by atoms with E-state index in [2.05, 4.69) is 20.4 Å². The number of hydrogen-bond acceptors (Lipinski definition) is 6. The summed E-state index contributed by atoms with van der Waals surface area (Å²) in [5.74, 6) is -0.652. The maximum atomic E-state index is 12.8. The first kappa shape index (κ1) is 18.2. The number of anilines is 2. The highest BCUT2D eigenvalue weighted by molar-refractivity contribution is 7.15. The standard InChI is InChI=1S/C17H20FN5O2S/c1-12-20-21-17(26-12)23-10-8-22(9-11-23)16(25)7-6-15(24)19-14-4-2-13(18)3-5-14/h2-5H,6-11H2,1H3,(H,19,24). The van der Waals surface area contributed by atoms with E-state index < -0.39 is 0 Å². The van der Waals surface area contributed by atoms with Crippen LogP contribution in [0.3, 0.4) is 0 Å². The van der Waals surface area contributed by atoms with E-state index in [4.69, 9.17) is 0 Å². The van der Waals surface area contributed by atoms with Gasteiger partial charge in [0.15, 0.2) is 0 Å². The molecule has 9 heteroatoms. The van der Waals surface area contributed by atoms with Crippen molar-refractivity contribution in [3.63, 3.8) is 0 Å². The van der Waals surface area contributed by atoms with Gasteiger partial charge in [0.25, 0.3) is 0 Å². The van der Waals surface area contributed by atoms with Gasteiger partial charge in [0.1, 0.15) is 10.8 Å². The molecule has 2 heterocycles. The summed E-state index contributed by atoms with van der Waals surface area (Å²) in [5.41, 5.74) is 0.518. The minimum absolute atomic E-state index is 0.0349. The first-order chi connectivity index (χ1) is 12.5. The van der Waals surface area contributed by atoms with Crippen molar-refractivity contribution in [2.24, 2.45) is 0 Å². The molecule has 1 fully saturated rings. The molecule has 0 atom stereocenters. The van der Waals surface area contributed by atoms with Crippen LogP contribution in [0.4, 0.5) is 15.2 Å². The van der Waals surface area contributed by atoms with E-state index in [9.17, 15) is 14.0 Å². The summed E-state index contributed by atoms with van der Waals surface area (Å²) in [7, 11) is 0. The summed E-state index contributed by atoms with van der Waals surface area (Å²) in [6.07, 6.45) is 0.261. The van der Waals surface area contributed by atoms with E-state index in [1.54, 1.807) is 16.2 Å². The van der Waals surface area contributed by atoms with Crippen molar-refractivity contribution in [2.75, 3.05) is 36.4 Å². The molecule has 2 amide bonds. The molecular weight excluding hydrogens is 357 g/mol. The van der Waals surface area contributed by atoms with Crippen LogP contribution < -0.4 is 10.2 Å². The van der Waals surface area contributed by atoms with Crippen molar-refractivity contribution in [3.8, 4) is 0 Å². The molecule has 0 spiro atoms. The van der Waals surface area contributed by atoms with Gasteiger partial charge in [-0.3, -0.25) is 9.59 Å². The lowest BCUT2D eigenvalue weighted by molar-refractivity contribution is -0.133. The normalized spacial score (nSPS) is 14.4. The Morgan fingerprint density at radius 1 is 1.12 bits per heavy atom. The lowest BCUT2D eigenvalue weighted by Crippen LogP contribution is -2.48. The average Bonchev–Trinajstić information content (AvgIpc) is 3.08. The van der Waals surface area contributed by atoms with Gasteiger partial charge in [-0.05, 0) is 31.2 Å². The monoisotopic (exact) mass is 377 g/mol. The summed E-state index contributed by atoms with van der Waals surface area (Å²) in [6, 6.07) is 5.53. The maximum Gasteiger partial charge on any atom is 0.224 e. The number of nitrogens with one attached hydrogen (secondary N) is 1. The van der Waals surface area contributed by atoms with Crippen molar-refractivity contribution in [1.29, 1.82) is 0 Å². The zero-order valence-electron chi connectivity index (χ0n) is 14.4. The number of aryl methyl sites for hydroxylation is 1. The Labute approximate surface area is 154 Å². The van der Waals surface area contributed by atoms with Crippen LogP contribution >= 0.6 is 11.3 Å². The lowest BCUT2D eigenvalue weighted by atomic mass is 10.2. The molecule has 3 rings (SSSR count). The Morgan fingerprint density at radius 3 is 2.42 bits per heavy atom. The number of amides is 2. The predicted octanol–water partition coefficient (Wildman–Crippen LogP) is 2.05. The molecular formula is C17H20FN5O2S. The molecule has 26 heavy (non-hydrogen) atoms. The molecule has 1 aliphatic rings. The molecule has 1 N–H and O–H groups in total. The Bertz CT molecular complexity index is 772. The highest BCUT2D eigenvalue weighted by Gasteiger charge is 2.23. The Hall–Kier alpha value is -2.55. The molecule has 1 saturated heterocycles. The third-order valence-electron chi connectivity index (χ3n) is 4.11. The molecule has 0 aliphatic carbocycles. The first-order valence-electron chi connectivity index (χ1n) is 8.39. The lowest BCUT2D eigenvalue weighted by Gasteiger charge is -2.34. The Kier molecular flexibility index (Phi) is 5.77. The molecule has 0 bridgehead atoms. The van der Waals surface area contributed by atoms with Crippen molar-refractivity contribution in [1.82, 2.24) is 15.1 Å². The minimum atomic E-state index is -0.360. The van der Waals surface area contributed by atoms with E-state index in [0.717, 1.165) is 10.1 Å². The highest BCUT2D eigenvalue weighted by Crippen LogP contribution is 2.21. The number of carbonyl (C=O) groups excluding carboxylic acids is 2. The third-order valence-corrected chi connectivity index (χ3v) is 5.01. The predicted molar refractivity (Wildman–Crippen MR) is 97.7 cm³/mol. The van der Waals surface area contributed by atoms with E-state index in [0.29, 0.717) is 31.9 Å². The van der Waals surface area contributed by atoms with Gasteiger partial charge in [0, 0.05) is 44.7 Å². The molecule has 1 aromatic carbocycles. The van der Waals surface area contributed by atoms with Crippen LogP contribution in [-0.4, -0.2) is 53.1 Å². The fourth-order valence-corrected chi connectivity index (χ4v) is 3.44. The fraction of sp³-hybridized carbons (Fsp3) is 0.412.